The average Bonchev–Trinajstić information content (AvgIpc) is 3.24. The zero-order valence-electron chi connectivity index (χ0n) is 16.2. The zero-order chi connectivity index (χ0) is 18.4. The monoisotopic (exact) mass is 474 g/mol. The van der Waals surface area contributed by atoms with Gasteiger partial charge in [-0.05, 0) is 38.7 Å². The molecule has 1 aromatic carbocycles. The van der Waals surface area contributed by atoms with Crippen LogP contribution >= 0.6 is 24.0 Å². The highest BCUT2D eigenvalue weighted by atomic mass is 127. The van der Waals surface area contributed by atoms with Gasteiger partial charge in [0, 0.05) is 19.6 Å². The van der Waals surface area contributed by atoms with Gasteiger partial charge in [-0.25, -0.2) is 4.79 Å². The minimum atomic E-state index is -0.529. The first-order valence-electron chi connectivity index (χ1n) is 8.80. The molecule has 0 saturated heterocycles. The zero-order valence-corrected chi connectivity index (χ0v) is 18.5. The summed E-state index contributed by atoms with van der Waals surface area (Å²) in [6.07, 6.45) is 0.737. The van der Waals surface area contributed by atoms with Crippen LogP contribution in [-0.2, 0) is 4.74 Å². The molecule has 3 atom stereocenters. The molecule has 1 fully saturated rings. The minimum absolute atomic E-state index is 0. The van der Waals surface area contributed by atoms with E-state index in [1.165, 1.54) is 6.42 Å². The van der Waals surface area contributed by atoms with Crippen molar-refractivity contribution in [3.05, 3.63) is 35.9 Å². The Balaban J connectivity index is 0.00000338. The van der Waals surface area contributed by atoms with E-state index in [0.717, 1.165) is 11.5 Å². The second-order valence-electron chi connectivity index (χ2n) is 7.53. The molecule has 0 heterocycles. The normalized spacial score (nSPS) is 20.4. The van der Waals surface area contributed by atoms with Gasteiger partial charge in [0.1, 0.15) is 5.60 Å². The maximum Gasteiger partial charge on any atom is 0.408 e. The van der Waals surface area contributed by atoms with E-state index in [-0.39, 0.29) is 30.0 Å². The second-order valence-corrected chi connectivity index (χ2v) is 7.53. The third kappa shape index (κ3) is 7.80. The number of alkyl carbamates (subject to hydrolysis) is 1. The fraction of sp³-hybridized carbons (Fsp3) is 0.579. The molecule has 7 heteroatoms. The number of nitrogens with zero attached hydrogens (tertiary/aromatic N) is 1. The number of hydrogen-bond donors (Lipinski definition) is 3. The Morgan fingerprint density at radius 1 is 1.31 bits per heavy atom. The highest BCUT2D eigenvalue weighted by molar-refractivity contribution is 14.0. The van der Waals surface area contributed by atoms with E-state index in [9.17, 15) is 4.79 Å². The Bertz CT molecular complexity index is 601. The number of carbonyl (C=O) groups is 1. The van der Waals surface area contributed by atoms with E-state index in [0.29, 0.717) is 18.5 Å². The van der Waals surface area contributed by atoms with Crippen LogP contribution in [0.15, 0.2) is 35.3 Å². The molecule has 1 saturated carbocycles. The van der Waals surface area contributed by atoms with Gasteiger partial charge in [-0.2, -0.15) is 0 Å². The standard InChI is InChI=1S/C19H30N4O2.HI/c1-13-11-15(13)22-17(20-5)21-12-16(14-9-7-6-8-10-14)23-18(24)25-19(2,3)4;/h6-10,13,15-16H,11-12H2,1-5H3,(H,23,24)(H2,20,21,22);1H. The molecule has 1 aliphatic carbocycles. The molecule has 0 spiro atoms. The highest BCUT2D eigenvalue weighted by Gasteiger charge is 2.33. The van der Waals surface area contributed by atoms with Gasteiger partial charge in [0.2, 0.25) is 0 Å². The van der Waals surface area contributed by atoms with Crippen LogP contribution in [0.4, 0.5) is 4.79 Å². The van der Waals surface area contributed by atoms with Gasteiger partial charge in [0.25, 0.3) is 0 Å². The van der Waals surface area contributed by atoms with Crippen molar-refractivity contribution >= 4 is 36.0 Å². The van der Waals surface area contributed by atoms with E-state index >= 15 is 0 Å². The van der Waals surface area contributed by atoms with Gasteiger partial charge >= 0.3 is 6.09 Å². The van der Waals surface area contributed by atoms with Gasteiger partial charge < -0.3 is 20.7 Å². The molecule has 0 bridgehead atoms. The summed E-state index contributed by atoms with van der Waals surface area (Å²) in [4.78, 5) is 16.4. The first kappa shape index (κ1) is 22.5. The van der Waals surface area contributed by atoms with Crippen molar-refractivity contribution in [1.29, 1.82) is 0 Å². The molecule has 146 valence electrons. The van der Waals surface area contributed by atoms with Gasteiger partial charge in [-0.15, -0.1) is 24.0 Å². The number of ether oxygens (including phenoxy) is 1. The summed E-state index contributed by atoms with van der Waals surface area (Å²) in [5.41, 5.74) is 0.481. The maximum absolute atomic E-state index is 12.2. The van der Waals surface area contributed by atoms with Crippen molar-refractivity contribution in [2.45, 2.75) is 51.8 Å². The van der Waals surface area contributed by atoms with Crippen LogP contribution in [0.1, 0.15) is 45.7 Å². The molecule has 1 amide bonds. The second kappa shape index (κ2) is 9.99. The number of rotatable bonds is 5. The molecule has 1 aromatic rings. The minimum Gasteiger partial charge on any atom is -0.444 e. The molecule has 0 aliphatic heterocycles. The molecular weight excluding hydrogens is 443 g/mol. The lowest BCUT2D eigenvalue weighted by Gasteiger charge is -2.25. The number of halogens is 1. The highest BCUT2D eigenvalue weighted by Crippen LogP contribution is 2.28. The van der Waals surface area contributed by atoms with E-state index < -0.39 is 11.7 Å². The summed E-state index contributed by atoms with van der Waals surface area (Å²) in [5, 5.41) is 9.62. The predicted octanol–water partition coefficient (Wildman–Crippen LogP) is 3.44. The first-order chi connectivity index (χ1) is 11.8. The molecule has 3 N–H and O–H groups in total. The summed E-state index contributed by atoms with van der Waals surface area (Å²) in [5.74, 6) is 1.43. The Kier molecular flexibility index (Phi) is 8.66. The summed E-state index contributed by atoms with van der Waals surface area (Å²) in [6.45, 7) is 8.28. The van der Waals surface area contributed by atoms with Crippen LogP contribution in [0.5, 0.6) is 0 Å². The molecule has 1 aliphatic rings. The first-order valence-corrected chi connectivity index (χ1v) is 8.80. The van der Waals surface area contributed by atoms with Gasteiger partial charge in [0.15, 0.2) is 5.96 Å². The predicted molar refractivity (Wildman–Crippen MR) is 116 cm³/mol. The molecule has 0 radical (unpaired) electrons. The molecule has 3 unspecified atom stereocenters. The summed E-state index contributed by atoms with van der Waals surface area (Å²) < 4.78 is 5.39. The fourth-order valence-electron chi connectivity index (χ4n) is 2.48. The SMILES string of the molecule is CN=C(NCC(NC(=O)OC(C)(C)C)c1ccccc1)NC1CC1C.I. The Morgan fingerprint density at radius 2 is 1.92 bits per heavy atom. The van der Waals surface area contributed by atoms with E-state index in [1.54, 1.807) is 7.05 Å². The number of guanidine groups is 1. The lowest BCUT2D eigenvalue weighted by atomic mass is 10.1. The smallest absolute Gasteiger partial charge is 0.408 e. The summed E-state index contributed by atoms with van der Waals surface area (Å²) >= 11 is 0. The number of benzene rings is 1. The van der Waals surface area contributed by atoms with Crippen LogP contribution in [0.25, 0.3) is 0 Å². The number of carbonyl (C=O) groups excluding carboxylic acids is 1. The fourth-order valence-corrected chi connectivity index (χ4v) is 2.48. The van der Waals surface area contributed by atoms with Crippen LogP contribution in [0.3, 0.4) is 0 Å². The van der Waals surface area contributed by atoms with Crippen molar-refractivity contribution in [2.75, 3.05) is 13.6 Å². The van der Waals surface area contributed by atoms with Crippen molar-refractivity contribution in [2.24, 2.45) is 10.9 Å². The Labute approximate surface area is 173 Å². The topological polar surface area (TPSA) is 74.8 Å². The molecule has 0 aromatic heterocycles. The summed E-state index contributed by atoms with van der Waals surface area (Å²) in [6, 6.07) is 10.1. The van der Waals surface area contributed by atoms with Crippen LogP contribution in [0, 0.1) is 5.92 Å². The van der Waals surface area contributed by atoms with E-state index in [4.69, 9.17) is 4.74 Å². The largest absolute Gasteiger partial charge is 0.444 e. The van der Waals surface area contributed by atoms with Gasteiger partial charge in [0.05, 0.1) is 6.04 Å². The van der Waals surface area contributed by atoms with E-state index in [1.807, 2.05) is 51.1 Å². The lowest BCUT2D eigenvalue weighted by molar-refractivity contribution is 0.0504. The lowest BCUT2D eigenvalue weighted by Crippen LogP contribution is -2.44. The third-order valence-electron chi connectivity index (χ3n) is 4.02. The third-order valence-corrected chi connectivity index (χ3v) is 4.02. The molecular formula is C19H31IN4O2. The Morgan fingerprint density at radius 3 is 2.42 bits per heavy atom. The van der Waals surface area contributed by atoms with Crippen LogP contribution < -0.4 is 16.0 Å². The quantitative estimate of drug-likeness (QED) is 0.347. The van der Waals surface area contributed by atoms with Crippen LogP contribution in [-0.4, -0.2) is 37.3 Å². The van der Waals surface area contributed by atoms with Crippen LogP contribution in [0.2, 0.25) is 0 Å². The number of hydrogen-bond acceptors (Lipinski definition) is 3. The van der Waals surface area contributed by atoms with Crippen molar-refractivity contribution in [3.8, 4) is 0 Å². The van der Waals surface area contributed by atoms with Gasteiger partial charge in [-0.3, -0.25) is 4.99 Å². The molecule has 26 heavy (non-hydrogen) atoms. The van der Waals surface area contributed by atoms with Crippen molar-refractivity contribution in [3.63, 3.8) is 0 Å². The van der Waals surface area contributed by atoms with E-state index in [2.05, 4.69) is 27.9 Å². The molecule has 2 rings (SSSR count). The number of nitrogens with one attached hydrogen (secondary N) is 3. The molecule has 6 nitrogen and oxygen atoms in total. The summed E-state index contributed by atoms with van der Waals surface area (Å²) in [7, 11) is 1.75. The van der Waals surface area contributed by atoms with Crippen molar-refractivity contribution in [1.82, 2.24) is 16.0 Å². The number of amides is 1. The van der Waals surface area contributed by atoms with Crippen molar-refractivity contribution < 1.29 is 9.53 Å². The number of aliphatic imine (C=N–C) groups is 1. The maximum atomic E-state index is 12.2. The Hall–Kier alpha value is -1.51. The average molecular weight is 474 g/mol. The van der Waals surface area contributed by atoms with Gasteiger partial charge in [-0.1, -0.05) is 37.3 Å².